The van der Waals surface area contributed by atoms with Crippen LogP contribution in [0.5, 0.6) is 0 Å². The second kappa shape index (κ2) is 13.9. The molecule has 38 heavy (non-hydrogen) atoms. The molecular weight excluding hydrogens is 502 g/mol. The van der Waals surface area contributed by atoms with Crippen molar-refractivity contribution >= 4 is 10.0 Å². The summed E-state index contributed by atoms with van der Waals surface area (Å²) in [7, 11) is -3.38. The summed E-state index contributed by atoms with van der Waals surface area (Å²) in [5.74, 6) is 1.58. The SMILES string of the molecule is C=CC1CCCC(S(=O)(=O)NC[C@@H]2C[C@@H]3O[C@H](COCC4CCCCC4)[C@@H](OCC4CCCCC4)[C@@H]3O2)C1. The lowest BCUT2D eigenvalue weighted by molar-refractivity contribution is -0.104. The Morgan fingerprint density at radius 3 is 2.24 bits per heavy atom. The van der Waals surface area contributed by atoms with E-state index < -0.39 is 10.0 Å². The molecule has 5 fully saturated rings. The molecule has 3 saturated carbocycles. The Balaban J connectivity index is 1.13. The van der Waals surface area contributed by atoms with Gasteiger partial charge in [-0.15, -0.1) is 6.58 Å². The molecule has 2 aliphatic heterocycles. The van der Waals surface area contributed by atoms with E-state index in [9.17, 15) is 8.42 Å². The zero-order valence-corrected chi connectivity index (χ0v) is 24.1. The largest absolute Gasteiger partial charge is 0.378 e. The lowest BCUT2D eigenvalue weighted by Gasteiger charge is -2.29. The lowest BCUT2D eigenvalue weighted by atomic mass is 9.89. The fraction of sp³-hybridized carbons (Fsp3) is 0.933. The minimum atomic E-state index is -3.38. The number of nitrogens with one attached hydrogen (secondary N) is 1. The predicted octanol–water partition coefficient (Wildman–Crippen LogP) is 5.14. The van der Waals surface area contributed by atoms with Crippen LogP contribution in [0.3, 0.4) is 0 Å². The first kappa shape index (κ1) is 29.0. The minimum Gasteiger partial charge on any atom is -0.378 e. The Morgan fingerprint density at radius 2 is 1.53 bits per heavy atom. The molecule has 2 unspecified atom stereocenters. The Labute approximate surface area is 230 Å². The molecule has 0 bridgehead atoms. The third kappa shape index (κ3) is 7.61. The van der Waals surface area contributed by atoms with Gasteiger partial charge < -0.3 is 18.9 Å². The highest BCUT2D eigenvalue weighted by molar-refractivity contribution is 7.90. The van der Waals surface area contributed by atoms with Crippen molar-refractivity contribution in [3.63, 3.8) is 0 Å². The van der Waals surface area contributed by atoms with Gasteiger partial charge in [0.1, 0.15) is 18.3 Å². The zero-order valence-electron chi connectivity index (χ0n) is 23.3. The molecular formula is C30H51NO6S. The van der Waals surface area contributed by atoms with E-state index in [1.807, 2.05) is 6.08 Å². The first-order valence-corrected chi connectivity index (χ1v) is 17.2. The third-order valence-corrected chi connectivity index (χ3v) is 11.7. The molecule has 8 heteroatoms. The molecule has 218 valence electrons. The monoisotopic (exact) mass is 553 g/mol. The molecule has 7 nitrogen and oxygen atoms in total. The molecule has 5 rings (SSSR count). The molecule has 2 heterocycles. The Bertz CT molecular complexity index is 840. The summed E-state index contributed by atoms with van der Waals surface area (Å²) in [5, 5.41) is -0.339. The van der Waals surface area contributed by atoms with Crippen molar-refractivity contribution in [1.82, 2.24) is 4.72 Å². The number of sulfonamides is 1. The summed E-state index contributed by atoms with van der Waals surface area (Å²) in [6.45, 7) is 6.28. The van der Waals surface area contributed by atoms with E-state index in [-0.39, 0.29) is 35.8 Å². The van der Waals surface area contributed by atoms with Gasteiger partial charge in [0.2, 0.25) is 10.0 Å². The van der Waals surface area contributed by atoms with Crippen LogP contribution >= 0.6 is 0 Å². The van der Waals surface area contributed by atoms with E-state index in [1.54, 1.807) is 0 Å². The molecule has 0 aromatic heterocycles. The summed E-state index contributed by atoms with van der Waals surface area (Å²) in [6.07, 6.45) is 18.2. The van der Waals surface area contributed by atoms with Gasteiger partial charge in [-0.3, -0.25) is 0 Å². The predicted molar refractivity (Wildman–Crippen MR) is 149 cm³/mol. The zero-order chi connectivity index (χ0) is 26.4. The van der Waals surface area contributed by atoms with Crippen LogP contribution in [-0.2, 0) is 29.0 Å². The molecule has 0 aromatic rings. The van der Waals surface area contributed by atoms with E-state index in [0.717, 1.165) is 32.5 Å². The van der Waals surface area contributed by atoms with Crippen molar-refractivity contribution in [2.45, 2.75) is 132 Å². The molecule has 0 amide bonds. The van der Waals surface area contributed by atoms with E-state index in [4.69, 9.17) is 18.9 Å². The number of rotatable bonds is 12. The maximum Gasteiger partial charge on any atom is 0.214 e. The first-order valence-electron chi connectivity index (χ1n) is 15.6. The quantitative estimate of drug-likeness (QED) is 0.337. The van der Waals surface area contributed by atoms with Crippen LogP contribution < -0.4 is 4.72 Å². The van der Waals surface area contributed by atoms with Crippen molar-refractivity contribution < 1.29 is 27.4 Å². The van der Waals surface area contributed by atoms with Gasteiger partial charge in [0.15, 0.2) is 0 Å². The molecule has 1 N–H and O–H groups in total. The van der Waals surface area contributed by atoms with E-state index >= 15 is 0 Å². The van der Waals surface area contributed by atoms with E-state index in [2.05, 4.69) is 11.3 Å². The number of hydrogen-bond acceptors (Lipinski definition) is 6. The number of hydrogen-bond donors (Lipinski definition) is 1. The van der Waals surface area contributed by atoms with Gasteiger partial charge >= 0.3 is 0 Å². The highest BCUT2D eigenvalue weighted by atomic mass is 32.2. The van der Waals surface area contributed by atoms with Crippen molar-refractivity contribution in [2.24, 2.45) is 17.8 Å². The van der Waals surface area contributed by atoms with Crippen LogP contribution in [0, 0.1) is 17.8 Å². The fourth-order valence-electron chi connectivity index (χ4n) is 7.47. The van der Waals surface area contributed by atoms with E-state index in [1.165, 1.54) is 64.2 Å². The third-order valence-electron chi connectivity index (χ3n) is 9.81. The standard InChI is InChI=1S/C30H51NO6S/c1-2-22-14-9-15-26(16-22)38(32,33)31-18-25-17-27-30(36-25)29(35-20-24-12-7-4-8-13-24)28(37-27)21-34-19-23-10-5-3-6-11-23/h2,22-31H,1,3-21H2/t22?,25-,26?,27-,28+,29+,30+/m0/s1. The Hall–Kier alpha value is -0.510. The lowest BCUT2D eigenvalue weighted by Crippen LogP contribution is -2.42. The summed E-state index contributed by atoms with van der Waals surface area (Å²) in [4.78, 5) is 0. The van der Waals surface area contributed by atoms with Gasteiger partial charge in [-0.1, -0.05) is 51.0 Å². The highest BCUT2D eigenvalue weighted by Gasteiger charge is 2.52. The molecule has 0 spiro atoms. The fourth-order valence-corrected chi connectivity index (χ4v) is 9.10. The van der Waals surface area contributed by atoms with E-state index in [0.29, 0.717) is 43.7 Å². The van der Waals surface area contributed by atoms with Crippen LogP contribution in [0.25, 0.3) is 0 Å². The molecule has 3 aliphatic carbocycles. The maximum absolute atomic E-state index is 13.0. The molecule has 5 aliphatic rings. The van der Waals surface area contributed by atoms with Gasteiger partial charge in [0.05, 0.1) is 30.7 Å². The van der Waals surface area contributed by atoms with Gasteiger partial charge in [0, 0.05) is 19.6 Å². The number of ether oxygens (including phenoxy) is 4. The van der Waals surface area contributed by atoms with Gasteiger partial charge in [-0.25, -0.2) is 13.1 Å². The van der Waals surface area contributed by atoms with Crippen LogP contribution in [0.2, 0.25) is 0 Å². The summed E-state index contributed by atoms with van der Waals surface area (Å²) >= 11 is 0. The minimum absolute atomic E-state index is 0.0658. The second-order valence-electron chi connectivity index (χ2n) is 12.7. The Morgan fingerprint density at radius 1 is 0.816 bits per heavy atom. The summed E-state index contributed by atoms with van der Waals surface area (Å²) in [6, 6.07) is 0. The summed E-state index contributed by atoms with van der Waals surface area (Å²) in [5.41, 5.74) is 0. The van der Waals surface area contributed by atoms with Crippen LogP contribution in [0.4, 0.5) is 0 Å². The maximum atomic E-state index is 13.0. The molecule has 0 radical (unpaired) electrons. The van der Waals surface area contributed by atoms with Crippen LogP contribution in [-0.4, -0.2) is 70.6 Å². The van der Waals surface area contributed by atoms with Crippen molar-refractivity contribution in [2.75, 3.05) is 26.4 Å². The average Bonchev–Trinajstić information content (AvgIpc) is 3.49. The van der Waals surface area contributed by atoms with Crippen molar-refractivity contribution in [1.29, 1.82) is 0 Å². The second-order valence-corrected chi connectivity index (χ2v) is 14.7. The average molecular weight is 554 g/mol. The van der Waals surface area contributed by atoms with Crippen molar-refractivity contribution in [3.05, 3.63) is 12.7 Å². The normalized spacial score (nSPS) is 37.3. The number of fused-ring (bicyclic) bond motifs is 1. The molecule has 2 saturated heterocycles. The van der Waals surface area contributed by atoms with Crippen molar-refractivity contribution in [3.8, 4) is 0 Å². The highest BCUT2D eigenvalue weighted by Crippen LogP contribution is 2.37. The number of allylic oxidation sites excluding steroid dienone is 1. The van der Waals surface area contributed by atoms with Gasteiger partial charge in [-0.2, -0.15) is 0 Å². The van der Waals surface area contributed by atoms with Crippen LogP contribution in [0.1, 0.15) is 96.3 Å². The Kier molecular flexibility index (Phi) is 10.6. The van der Waals surface area contributed by atoms with Gasteiger partial charge in [-0.05, 0) is 62.7 Å². The first-order chi connectivity index (χ1) is 18.5. The molecule has 0 aromatic carbocycles. The molecule has 7 atom stereocenters. The topological polar surface area (TPSA) is 83.1 Å². The van der Waals surface area contributed by atoms with Gasteiger partial charge in [0.25, 0.3) is 0 Å². The smallest absolute Gasteiger partial charge is 0.214 e. The summed E-state index contributed by atoms with van der Waals surface area (Å²) < 4.78 is 54.6. The van der Waals surface area contributed by atoms with Crippen LogP contribution in [0.15, 0.2) is 12.7 Å².